The first kappa shape index (κ1) is 29.9. The lowest BCUT2D eigenvalue weighted by Crippen LogP contribution is -2.52. The van der Waals surface area contributed by atoms with Crippen molar-refractivity contribution in [3.8, 4) is 0 Å². The van der Waals surface area contributed by atoms with Gasteiger partial charge in [0.25, 0.3) is 0 Å². The van der Waals surface area contributed by atoms with Crippen LogP contribution in [0.3, 0.4) is 0 Å². The molecule has 1 atom stereocenters. The molecule has 0 aliphatic heterocycles. The molecule has 0 radical (unpaired) electrons. The molecule has 0 spiro atoms. The standard InChI is InChI=1S/C26H35Cl2N3O4S/c1-5-8-15-29-26(33)23(7-3)30(17-20-13-14-21(27)16-22(20)28)25(32)18-31(36(4,34)35)24-12-10-9-11-19(24)6-2/h9-14,16,23H,5-8,15,17-18H2,1-4H3,(H,29,33)/t23-/m1/s1. The number of carbonyl (C=O) groups is 2. The lowest BCUT2D eigenvalue weighted by atomic mass is 10.1. The van der Waals surface area contributed by atoms with E-state index in [9.17, 15) is 18.0 Å². The Morgan fingerprint density at radius 3 is 2.31 bits per heavy atom. The summed E-state index contributed by atoms with van der Waals surface area (Å²) in [7, 11) is -3.79. The van der Waals surface area contributed by atoms with Gasteiger partial charge in [-0.1, -0.05) is 74.7 Å². The van der Waals surface area contributed by atoms with E-state index in [4.69, 9.17) is 23.2 Å². The smallest absolute Gasteiger partial charge is 0.244 e. The predicted molar refractivity (Wildman–Crippen MR) is 147 cm³/mol. The first-order valence-corrected chi connectivity index (χ1v) is 14.7. The van der Waals surface area contributed by atoms with Gasteiger partial charge in [0, 0.05) is 23.1 Å². The van der Waals surface area contributed by atoms with Crippen LogP contribution in [0.2, 0.25) is 10.0 Å². The third kappa shape index (κ3) is 8.11. The van der Waals surface area contributed by atoms with Crippen molar-refractivity contribution in [3.05, 3.63) is 63.6 Å². The minimum absolute atomic E-state index is 0.0293. The molecule has 1 N–H and O–H groups in total. The summed E-state index contributed by atoms with van der Waals surface area (Å²) in [5.41, 5.74) is 1.85. The van der Waals surface area contributed by atoms with Crippen molar-refractivity contribution in [1.82, 2.24) is 10.2 Å². The van der Waals surface area contributed by atoms with Crippen LogP contribution in [0.1, 0.15) is 51.2 Å². The Labute approximate surface area is 224 Å². The Morgan fingerprint density at radius 2 is 1.72 bits per heavy atom. The highest BCUT2D eigenvalue weighted by Gasteiger charge is 2.32. The maximum absolute atomic E-state index is 13.8. The summed E-state index contributed by atoms with van der Waals surface area (Å²) in [4.78, 5) is 28.3. The average molecular weight is 557 g/mol. The van der Waals surface area contributed by atoms with E-state index in [0.29, 0.717) is 40.7 Å². The second-order valence-corrected chi connectivity index (χ2v) is 11.3. The maximum atomic E-state index is 13.8. The third-order valence-corrected chi connectivity index (χ3v) is 7.61. The molecular weight excluding hydrogens is 521 g/mol. The number of unbranched alkanes of at least 4 members (excludes halogenated alkanes) is 1. The molecule has 10 heteroatoms. The Morgan fingerprint density at radius 1 is 1.03 bits per heavy atom. The van der Waals surface area contributed by atoms with E-state index in [-0.39, 0.29) is 12.5 Å². The number of aryl methyl sites for hydroxylation is 1. The highest BCUT2D eigenvalue weighted by molar-refractivity contribution is 7.92. The minimum atomic E-state index is -3.79. The van der Waals surface area contributed by atoms with Gasteiger partial charge >= 0.3 is 0 Å². The average Bonchev–Trinajstić information content (AvgIpc) is 2.83. The van der Waals surface area contributed by atoms with E-state index in [1.54, 1.807) is 30.3 Å². The van der Waals surface area contributed by atoms with Gasteiger partial charge in [0.05, 0.1) is 11.9 Å². The number of halogens is 2. The van der Waals surface area contributed by atoms with Crippen LogP contribution in [0.25, 0.3) is 0 Å². The molecule has 0 aliphatic carbocycles. The van der Waals surface area contributed by atoms with E-state index in [2.05, 4.69) is 5.32 Å². The van der Waals surface area contributed by atoms with Crippen molar-refractivity contribution < 1.29 is 18.0 Å². The zero-order chi connectivity index (χ0) is 26.9. The van der Waals surface area contributed by atoms with Gasteiger partial charge in [0.15, 0.2) is 0 Å². The van der Waals surface area contributed by atoms with Crippen LogP contribution in [-0.4, -0.2) is 50.5 Å². The largest absolute Gasteiger partial charge is 0.354 e. The summed E-state index contributed by atoms with van der Waals surface area (Å²) in [5.74, 6) is -0.793. The second kappa shape index (κ2) is 13.9. The van der Waals surface area contributed by atoms with Crippen LogP contribution < -0.4 is 9.62 Å². The second-order valence-electron chi connectivity index (χ2n) is 8.58. The van der Waals surface area contributed by atoms with Gasteiger partial charge in [-0.25, -0.2) is 8.42 Å². The fourth-order valence-electron chi connectivity index (χ4n) is 3.91. The number of nitrogens with one attached hydrogen (secondary N) is 1. The van der Waals surface area contributed by atoms with Crippen molar-refractivity contribution in [2.75, 3.05) is 23.7 Å². The zero-order valence-electron chi connectivity index (χ0n) is 21.3. The lowest BCUT2D eigenvalue weighted by Gasteiger charge is -2.33. The van der Waals surface area contributed by atoms with Crippen LogP contribution in [0.15, 0.2) is 42.5 Å². The number of carbonyl (C=O) groups excluding carboxylic acids is 2. The summed E-state index contributed by atoms with van der Waals surface area (Å²) < 4.78 is 26.7. The summed E-state index contributed by atoms with van der Waals surface area (Å²) in [6, 6.07) is 11.2. The molecule has 2 rings (SSSR count). The number of sulfonamides is 1. The van der Waals surface area contributed by atoms with Gasteiger partial charge in [-0.05, 0) is 48.6 Å². The molecule has 0 saturated carbocycles. The first-order chi connectivity index (χ1) is 17.0. The van der Waals surface area contributed by atoms with E-state index in [1.165, 1.54) is 4.90 Å². The van der Waals surface area contributed by atoms with Crippen molar-refractivity contribution >= 4 is 50.7 Å². The topological polar surface area (TPSA) is 86.8 Å². The molecule has 198 valence electrons. The molecule has 0 saturated heterocycles. The Bertz CT molecular complexity index is 1160. The van der Waals surface area contributed by atoms with Gasteiger partial charge in [0.1, 0.15) is 12.6 Å². The summed E-state index contributed by atoms with van der Waals surface area (Å²) >= 11 is 12.4. The SMILES string of the molecule is CCCCNC(=O)[C@@H](CC)N(Cc1ccc(Cl)cc1Cl)C(=O)CN(c1ccccc1CC)S(C)(=O)=O. The van der Waals surface area contributed by atoms with Gasteiger partial charge in [-0.3, -0.25) is 13.9 Å². The number of hydrogen-bond acceptors (Lipinski definition) is 4. The molecule has 0 aromatic heterocycles. The highest BCUT2D eigenvalue weighted by Crippen LogP contribution is 2.26. The van der Waals surface area contributed by atoms with Crippen molar-refractivity contribution in [2.24, 2.45) is 0 Å². The van der Waals surface area contributed by atoms with E-state index in [1.807, 2.05) is 32.9 Å². The Balaban J connectivity index is 2.47. The molecule has 2 aromatic carbocycles. The lowest BCUT2D eigenvalue weighted by molar-refractivity contribution is -0.140. The summed E-state index contributed by atoms with van der Waals surface area (Å²) in [6.45, 7) is 5.84. The van der Waals surface area contributed by atoms with E-state index >= 15 is 0 Å². The number of amides is 2. The fourth-order valence-corrected chi connectivity index (χ4v) is 5.26. The number of benzene rings is 2. The molecule has 2 amide bonds. The molecule has 0 fully saturated rings. The summed E-state index contributed by atoms with van der Waals surface area (Å²) in [5, 5.41) is 3.70. The summed E-state index contributed by atoms with van der Waals surface area (Å²) in [6.07, 6.45) is 3.74. The van der Waals surface area contributed by atoms with Crippen molar-refractivity contribution in [3.63, 3.8) is 0 Å². The highest BCUT2D eigenvalue weighted by atomic mass is 35.5. The monoisotopic (exact) mass is 555 g/mol. The first-order valence-electron chi connectivity index (χ1n) is 12.1. The van der Waals surface area contributed by atoms with Crippen molar-refractivity contribution in [1.29, 1.82) is 0 Å². The molecule has 2 aromatic rings. The Hall–Kier alpha value is -2.29. The fraction of sp³-hybridized carbons (Fsp3) is 0.462. The van der Waals surface area contributed by atoms with Crippen LogP contribution in [-0.2, 0) is 32.6 Å². The molecule has 0 heterocycles. The number of para-hydroxylation sites is 1. The number of hydrogen-bond donors (Lipinski definition) is 1. The molecule has 0 bridgehead atoms. The van der Waals surface area contributed by atoms with Crippen LogP contribution in [0.4, 0.5) is 5.69 Å². The molecule has 7 nitrogen and oxygen atoms in total. The number of rotatable bonds is 13. The third-order valence-electron chi connectivity index (χ3n) is 5.89. The minimum Gasteiger partial charge on any atom is -0.354 e. The van der Waals surface area contributed by atoms with Crippen molar-refractivity contribution in [2.45, 2.75) is 59.0 Å². The molecule has 0 unspecified atom stereocenters. The van der Waals surface area contributed by atoms with E-state index < -0.39 is 28.5 Å². The number of anilines is 1. The van der Waals surface area contributed by atoms with Gasteiger partial charge in [-0.15, -0.1) is 0 Å². The molecule has 0 aliphatic rings. The van der Waals surface area contributed by atoms with Crippen LogP contribution in [0, 0.1) is 0 Å². The number of nitrogens with zero attached hydrogens (tertiary/aromatic N) is 2. The quantitative estimate of drug-likeness (QED) is 0.350. The zero-order valence-corrected chi connectivity index (χ0v) is 23.6. The van der Waals surface area contributed by atoms with Crippen LogP contribution in [0.5, 0.6) is 0 Å². The predicted octanol–water partition coefficient (Wildman–Crippen LogP) is 5.05. The normalized spacial score (nSPS) is 12.2. The maximum Gasteiger partial charge on any atom is 0.244 e. The molecule has 36 heavy (non-hydrogen) atoms. The van der Waals surface area contributed by atoms with Gasteiger partial charge in [0.2, 0.25) is 21.8 Å². The van der Waals surface area contributed by atoms with Gasteiger partial charge < -0.3 is 10.2 Å². The van der Waals surface area contributed by atoms with Gasteiger partial charge in [-0.2, -0.15) is 0 Å². The van der Waals surface area contributed by atoms with Crippen LogP contribution >= 0.6 is 23.2 Å². The molecular formula is C26H35Cl2N3O4S. The van der Waals surface area contributed by atoms with E-state index in [0.717, 1.165) is 29.0 Å². The Kier molecular flexibility index (Phi) is 11.5.